The van der Waals surface area contributed by atoms with Crippen molar-refractivity contribution in [3.05, 3.63) is 51.2 Å². The molecule has 5 nitrogen and oxygen atoms in total. The molecule has 1 heterocycles. The molecule has 0 aliphatic carbocycles. The first-order valence-corrected chi connectivity index (χ1v) is 9.87. The minimum Gasteiger partial charge on any atom is -0.321 e. The summed E-state index contributed by atoms with van der Waals surface area (Å²) < 4.78 is 24.5. The van der Waals surface area contributed by atoms with Crippen LogP contribution in [0.25, 0.3) is 0 Å². The Kier molecular flexibility index (Phi) is 5.56. The van der Waals surface area contributed by atoms with Crippen molar-refractivity contribution in [2.24, 2.45) is 0 Å². The van der Waals surface area contributed by atoms with Crippen LogP contribution in [0, 0.1) is 13.8 Å². The second-order valence-corrected chi connectivity index (χ2v) is 8.46. The summed E-state index contributed by atoms with van der Waals surface area (Å²) in [5.41, 5.74) is 2.97. The van der Waals surface area contributed by atoms with Crippen molar-refractivity contribution in [3.63, 3.8) is 0 Å². The van der Waals surface area contributed by atoms with Crippen molar-refractivity contribution in [2.45, 2.75) is 20.3 Å². The monoisotopic (exact) mass is 352 g/mol. The highest BCUT2D eigenvalue weighted by Crippen LogP contribution is 2.21. The maximum atomic E-state index is 12.3. The number of sulfonamides is 1. The maximum absolute atomic E-state index is 12.3. The number of carbonyl (C=O) groups excluding carboxylic acids is 1. The zero-order chi connectivity index (χ0) is 17.0. The van der Waals surface area contributed by atoms with Gasteiger partial charge in [-0.2, -0.15) is 0 Å². The summed E-state index contributed by atoms with van der Waals surface area (Å²) in [7, 11) is -3.18. The summed E-state index contributed by atoms with van der Waals surface area (Å²) >= 11 is 1.37. The number of anilines is 1. The van der Waals surface area contributed by atoms with Gasteiger partial charge in [-0.15, -0.1) is 11.3 Å². The van der Waals surface area contributed by atoms with Crippen LogP contribution in [0.1, 0.15) is 25.7 Å². The number of amides is 1. The number of thiophene rings is 1. The van der Waals surface area contributed by atoms with Gasteiger partial charge in [0.1, 0.15) is 0 Å². The SMILES string of the molecule is Cc1ccc(NC(=O)c2ccc(CCNS(C)(=O)=O)s2)c(C)c1. The van der Waals surface area contributed by atoms with Crippen molar-refractivity contribution in [1.29, 1.82) is 0 Å². The Morgan fingerprint density at radius 1 is 1.17 bits per heavy atom. The van der Waals surface area contributed by atoms with Gasteiger partial charge >= 0.3 is 0 Å². The zero-order valence-electron chi connectivity index (χ0n) is 13.3. The first kappa shape index (κ1) is 17.7. The molecule has 23 heavy (non-hydrogen) atoms. The van der Waals surface area contributed by atoms with Gasteiger partial charge in [0.2, 0.25) is 10.0 Å². The van der Waals surface area contributed by atoms with Gasteiger partial charge in [-0.05, 0) is 44.0 Å². The van der Waals surface area contributed by atoms with E-state index in [-0.39, 0.29) is 5.91 Å². The molecule has 0 fully saturated rings. The van der Waals surface area contributed by atoms with E-state index >= 15 is 0 Å². The Bertz CT molecular complexity index is 810. The van der Waals surface area contributed by atoms with E-state index in [4.69, 9.17) is 0 Å². The molecule has 1 aromatic heterocycles. The van der Waals surface area contributed by atoms with Crippen LogP contribution in [0.2, 0.25) is 0 Å². The molecule has 2 N–H and O–H groups in total. The largest absolute Gasteiger partial charge is 0.321 e. The first-order valence-electron chi connectivity index (χ1n) is 7.16. The van der Waals surface area contributed by atoms with Crippen LogP contribution < -0.4 is 10.0 Å². The maximum Gasteiger partial charge on any atom is 0.265 e. The number of hydrogen-bond donors (Lipinski definition) is 2. The van der Waals surface area contributed by atoms with Crippen LogP contribution in [0.4, 0.5) is 5.69 Å². The Morgan fingerprint density at radius 3 is 2.57 bits per heavy atom. The number of carbonyl (C=O) groups is 1. The van der Waals surface area contributed by atoms with Crippen molar-refractivity contribution >= 4 is 33.0 Å². The number of benzene rings is 1. The van der Waals surface area contributed by atoms with Crippen LogP contribution in [-0.4, -0.2) is 27.1 Å². The molecule has 0 radical (unpaired) electrons. The summed E-state index contributed by atoms with van der Waals surface area (Å²) in [5.74, 6) is -0.149. The molecule has 2 aromatic rings. The smallest absolute Gasteiger partial charge is 0.265 e. The van der Waals surface area contributed by atoms with E-state index in [0.29, 0.717) is 17.8 Å². The summed E-state index contributed by atoms with van der Waals surface area (Å²) in [6.07, 6.45) is 1.69. The molecule has 0 aliphatic rings. The van der Waals surface area contributed by atoms with Gasteiger partial charge in [-0.25, -0.2) is 13.1 Å². The van der Waals surface area contributed by atoms with Gasteiger partial charge in [-0.1, -0.05) is 17.7 Å². The molecule has 0 saturated carbocycles. The van der Waals surface area contributed by atoms with E-state index in [0.717, 1.165) is 27.9 Å². The molecule has 1 amide bonds. The quantitative estimate of drug-likeness (QED) is 0.839. The first-order chi connectivity index (χ1) is 10.7. The number of rotatable bonds is 6. The second kappa shape index (κ2) is 7.25. The fraction of sp³-hybridized carbons (Fsp3) is 0.312. The van der Waals surface area contributed by atoms with Gasteiger partial charge in [0.25, 0.3) is 5.91 Å². The Hall–Kier alpha value is -1.70. The van der Waals surface area contributed by atoms with E-state index in [2.05, 4.69) is 10.0 Å². The van der Waals surface area contributed by atoms with Gasteiger partial charge in [0.15, 0.2) is 0 Å². The van der Waals surface area contributed by atoms with E-state index < -0.39 is 10.0 Å². The minimum atomic E-state index is -3.18. The predicted octanol–water partition coefficient (Wildman–Crippen LogP) is 2.71. The lowest BCUT2D eigenvalue weighted by molar-refractivity contribution is 0.103. The summed E-state index contributed by atoms with van der Waals surface area (Å²) in [6, 6.07) is 9.49. The highest BCUT2D eigenvalue weighted by molar-refractivity contribution is 7.88. The van der Waals surface area contributed by atoms with Gasteiger partial charge in [0.05, 0.1) is 11.1 Å². The zero-order valence-corrected chi connectivity index (χ0v) is 15.0. The molecule has 0 unspecified atom stereocenters. The molecule has 0 spiro atoms. The molecular weight excluding hydrogens is 332 g/mol. The summed E-state index contributed by atoms with van der Waals surface area (Å²) in [4.78, 5) is 13.9. The van der Waals surface area contributed by atoms with Crippen molar-refractivity contribution in [1.82, 2.24) is 4.72 Å². The van der Waals surface area contributed by atoms with E-state index in [1.165, 1.54) is 11.3 Å². The second-order valence-electron chi connectivity index (χ2n) is 5.45. The van der Waals surface area contributed by atoms with E-state index in [9.17, 15) is 13.2 Å². The fourth-order valence-corrected chi connectivity index (χ4v) is 3.51. The highest BCUT2D eigenvalue weighted by Gasteiger charge is 2.11. The van der Waals surface area contributed by atoms with Gasteiger partial charge < -0.3 is 5.32 Å². The lowest BCUT2D eigenvalue weighted by atomic mass is 10.1. The topological polar surface area (TPSA) is 75.3 Å². The standard InChI is InChI=1S/C16H20N2O3S2/c1-11-4-6-14(12(2)10-11)18-16(19)15-7-5-13(22-15)8-9-17-23(3,20)21/h4-7,10,17H,8-9H2,1-3H3,(H,18,19). The molecule has 7 heteroatoms. The average Bonchev–Trinajstić information content (AvgIpc) is 2.89. The fourth-order valence-electron chi connectivity index (χ4n) is 2.13. The molecule has 1 aromatic carbocycles. The molecule has 0 bridgehead atoms. The Balaban J connectivity index is 1.98. The molecule has 0 saturated heterocycles. The van der Waals surface area contributed by atoms with Crippen molar-refractivity contribution in [3.8, 4) is 0 Å². The van der Waals surface area contributed by atoms with Crippen LogP contribution in [0.15, 0.2) is 30.3 Å². The number of aryl methyl sites for hydroxylation is 2. The van der Waals surface area contributed by atoms with Crippen molar-refractivity contribution < 1.29 is 13.2 Å². The molecular formula is C16H20N2O3S2. The Labute approximate surface area is 140 Å². The van der Waals surface area contributed by atoms with Gasteiger partial charge in [0, 0.05) is 17.1 Å². The Morgan fingerprint density at radius 2 is 1.91 bits per heavy atom. The average molecular weight is 352 g/mol. The van der Waals surface area contributed by atoms with Gasteiger partial charge in [-0.3, -0.25) is 4.79 Å². The van der Waals surface area contributed by atoms with Crippen LogP contribution in [-0.2, 0) is 16.4 Å². The highest BCUT2D eigenvalue weighted by atomic mass is 32.2. The third kappa shape index (κ3) is 5.46. The van der Waals surface area contributed by atoms with Crippen LogP contribution in [0.3, 0.4) is 0 Å². The predicted molar refractivity (Wildman–Crippen MR) is 94.7 cm³/mol. The van der Waals surface area contributed by atoms with Crippen molar-refractivity contribution in [2.75, 3.05) is 18.1 Å². The van der Waals surface area contributed by atoms with E-state index in [1.54, 1.807) is 6.07 Å². The molecule has 0 aliphatic heterocycles. The normalized spacial score (nSPS) is 11.4. The molecule has 0 atom stereocenters. The molecule has 2 rings (SSSR count). The lowest BCUT2D eigenvalue weighted by Gasteiger charge is -2.08. The lowest BCUT2D eigenvalue weighted by Crippen LogP contribution is -2.24. The number of nitrogens with one attached hydrogen (secondary N) is 2. The third-order valence-electron chi connectivity index (χ3n) is 3.25. The van der Waals surface area contributed by atoms with E-state index in [1.807, 2.05) is 38.1 Å². The van der Waals surface area contributed by atoms with Crippen LogP contribution in [0.5, 0.6) is 0 Å². The summed E-state index contributed by atoms with van der Waals surface area (Å²) in [5, 5.41) is 2.91. The van der Waals surface area contributed by atoms with Crippen LogP contribution >= 0.6 is 11.3 Å². The third-order valence-corrected chi connectivity index (χ3v) is 5.12. The summed E-state index contributed by atoms with van der Waals surface area (Å²) in [6.45, 7) is 4.30. The minimum absolute atomic E-state index is 0.149. The number of hydrogen-bond acceptors (Lipinski definition) is 4. The molecule has 124 valence electrons.